The van der Waals surface area contributed by atoms with Crippen molar-refractivity contribution in [2.24, 2.45) is 0 Å². The van der Waals surface area contributed by atoms with Gasteiger partial charge in [0.2, 0.25) is 6.10 Å². The Morgan fingerprint density at radius 2 is 1.74 bits per heavy atom. The fourth-order valence-electron chi connectivity index (χ4n) is 3.38. The van der Waals surface area contributed by atoms with Gasteiger partial charge in [0.25, 0.3) is 5.91 Å². The summed E-state index contributed by atoms with van der Waals surface area (Å²) in [4.78, 5) is 30.4. The summed E-state index contributed by atoms with van der Waals surface area (Å²) in [6.45, 7) is 5.79. The molecule has 0 saturated heterocycles. The van der Waals surface area contributed by atoms with Gasteiger partial charge >= 0.3 is 5.97 Å². The van der Waals surface area contributed by atoms with Crippen molar-refractivity contribution in [3.63, 3.8) is 0 Å². The fraction of sp³-hybridized carbons (Fsp3) is 0.160. The number of fused-ring (bicyclic) bond motifs is 1. The van der Waals surface area contributed by atoms with Gasteiger partial charge in [0.05, 0.1) is 0 Å². The molecule has 2 aromatic carbocycles. The van der Waals surface area contributed by atoms with Crippen LogP contribution in [0.15, 0.2) is 72.9 Å². The van der Waals surface area contributed by atoms with Gasteiger partial charge in [-0.25, -0.2) is 9.78 Å². The number of anilines is 1. The predicted octanol–water partition coefficient (Wildman–Crippen LogP) is 4.80. The quantitative estimate of drug-likeness (QED) is 0.477. The molecular weight excluding hydrogens is 390 g/mol. The number of ether oxygens (including phenoxy) is 1. The molecule has 1 N–H and O–H groups in total. The number of imidazole rings is 1. The van der Waals surface area contributed by atoms with Crippen LogP contribution in [0, 0.1) is 20.8 Å². The maximum Gasteiger partial charge on any atom is 0.359 e. The number of benzene rings is 2. The smallest absolute Gasteiger partial charge is 0.359 e. The van der Waals surface area contributed by atoms with Crippen molar-refractivity contribution in [2.75, 3.05) is 5.32 Å². The molecule has 0 spiro atoms. The Hall–Kier alpha value is -3.93. The van der Waals surface area contributed by atoms with Crippen LogP contribution in [-0.4, -0.2) is 21.3 Å². The van der Waals surface area contributed by atoms with Gasteiger partial charge in [0, 0.05) is 23.1 Å². The molecule has 0 aliphatic carbocycles. The minimum Gasteiger partial charge on any atom is -0.443 e. The van der Waals surface area contributed by atoms with E-state index in [2.05, 4.69) is 10.3 Å². The molecule has 1 amide bonds. The maximum atomic E-state index is 13.2. The van der Waals surface area contributed by atoms with Crippen LogP contribution in [-0.2, 0) is 9.53 Å². The van der Waals surface area contributed by atoms with E-state index in [4.69, 9.17) is 4.74 Å². The molecule has 0 radical (unpaired) electrons. The first-order valence-corrected chi connectivity index (χ1v) is 10.0. The van der Waals surface area contributed by atoms with Crippen molar-refractivity contribution in [1.29, 1.82) is 0 Å². The van der Waals surface area contributed by atoms with Gasteiger partial charge in [-0.3, -0.25) is 4.79 Å². The van der Waals surface area contributed by atoms with Crippen LogP contribution in [0.1, 0.15) is 39.0 Å². The number of rotatable bonds is 5. The summed E-state index contributed by atoms with van der Waals surface area (Å²) < 4.78 is 7.48. The van der Waals surface area contributed by atoms with Gasteiger partial charge in [-0.1, -0.05) is 48.5 Å². The van der Waals surface area contributed by atoms with Crippen molar-refractivity contribution >= 4 is 23.2 Å². The van der Waals surface area contributed by atoms with Crippen LogP contribution in [0.25, 0.3) is 5.65 Å². The second-order valence-corrected chi connectivity index (χ2v) is 7.53. The second kappa shape index (κ2) is 8.44. The van der Waals surface area contributed by atoms with Crippen LogP contribution < -0.4 is 5.32 Å². The number of hydrogen-bond acceptors (Lipinski definition) is 4. The number of amides is 1. The zero-order valence-corrected chi connectivity index (χ0v) is 17.6. The van der Waals surface area contributed by atoms with E-state index in [9.17, 15) is 9.59 Å². The van der Waals surface area contributed by atoms with Crippen molar-refractivity contribution in [3.05, 3.63) is 101 Å². The molecule has 6 nitrogen and oxygen atoms in total. The number of aryl methyl sites for hydroxylation is 3. The van der Waals surface area contributed by atoms with E-state index in [0.717, 1.165) is 16.8 Å². The van der Waals surface area contributed by atoms with Gasteiger partial charge in [-0.2, -0.15) is 0 Å². The van der Waals surface area contributed by atoms with E-state index >= 15 is 0 Å². The Labute approximate surface area is 180 Å². The molecule has 0 bridgehead atoms. The monoisotopic (exact) mass is 413 g/mol. The average Bonchev–Trinajstić information content (AvgIpc) is 3.21. The zero-order valence-electron chi connectivity index (χ0n) is 17.6. The molecule has 6 heteroatoms. The lowest BCUT2D eigenvalue weighted by Gasteiger charge is -2.18. The highest BCUT2D eigenvalue weighted by Gasteiger charge is 2.27. The van der Waals surface area contributed by atoms with Gasteiger partial charge in [-0.05, 0) is 50.1 Å². The number of aromatic nitrogens is 2. The number of pyridine rings is 1. The topological polar surface area (TPSA) is 72.7 Å². The van der Waals surface area contributed by atoms with Gasteiger partial charge in [0.15, 0.2) is 5.69 Å². The third-order valence-corrected chi connectivity index (χ3v) is 5.12. The number of esters is 1. The SMILES string of the molecule is Cc1ccc(C)c(NC(=O)C(OC(=O)c2cn3c(C)cccc3n2)c2ccccc2)c1. The van der Waals surface area contributed by atoms with E-state index in [0.29, 0.717) is 16.9 Å². The van der Waals surface area contributed by atoms with Crippen molar-refractivity contribution in [2.45, 2.75) is 26.9 Å². The van der Waals surface area contributed by atoms with Crippen LogP contribution >= 0.6 is 0 Å². The Morgan fingerprint density at radius 1 is 0.968 bits per heavy atom. The van der Waals surface area contributed by atoms with Gasteiger partial charge in [0.1, 0.15) is 5.65 Å². The Morgan fingerprint density at radius 3 is 2.48 bits per heavy atom. The molecule has 0 aliphatic heterocycles. The molecule has 2 heterocycles. The Balaban J connectivity index is 1.63. The molecule has 4 rings (SSSR count). The summed E-state index contributed by atoms with van der Waals surface area (Å²) in [5.41, 5.74) is 4.94. The molecular formula is C25H23N3O3. The lowest BCUT2D eigenvalue weighted by molar-refractivity contribution is -0.125. The molecule has 1 atom stereocenters. The molecule has 31 heavy (non-hydrogen) atoms. The van der Waals surface area contributed by atoms with Crippen molar-refractivity contribution in [3.8, 4) is 0 Å². The highest BCUT2D eigenvalue weighted by Crippen LogP contribution is 2.24. The third kappa shape index (κ3) is 4.33. The predicted molar refractivity (Wildman–Crippen MR) is 119 cm³/mol. The van der Waals surface area contributed by atoms with Crippen LogP contribution in [0.4, 0.5) is 5.69 Å². The maximum absolute atomic E-state index is 13.2. The first-order valence-electron chi connectivity index (χ1n) is 10.0. The number of hydrogen-bond donors (Lipinski definition) is 1. The first-order chi connectivity index (χ1) is 14.9. The highest BCUT2D eigenvalue weighted by molar-refractivity contribution is 5.98. The van der Waals surface area contributed by atoms with E-state index < -0.39 is 18.0 Å². The van der Waals surface area contributed by atoms with Crippen LogP contribution in [0.3, 0.4) is 0 Å². The fourth-order valence-corrected chi connectivity index (χ4v) is 3.38. The molecule has 0 fully saturated rings. The standard InChI is InChI=1S/C25H23N3O3/c1-16-12-13-17(2)20(14-16)27-24(29)23(19-9-5-4-6-10-19)31-25(30)21-15-28-18(3)8-7-11-22(28)26-21/h4-15,23H,1-3H3,(H,27,29). The molecule has 0 saturated carbocycles. The lowest BCUT2D eigenvalue weighted by atomic mass is 10.1. The highest BCUT2D eigenvalue weighted by atomic mass is 16.5. The van der Waals surface area contributed by atoms with Gasteiger partial charge in [-0.15, -0.1) is 0 Å². The van der Waals surface area contributed by atoms with Crippen molar-refractivity contribution < 1.29 is 14.3 Å². The van der Waals surface area contributed by atoms with E-state index in [1.54, 1.807) is 30.5 Å². The minimum absolute atomic E-state index is 0.148. The summed E-state index contributed by atoms with van der Waals surface area (Å²) in [5, 5.41) is 2.90. The number of carbonyl (C=O) groups excluding carboxylic acids is 2. The minimum atomic E-state index is -1.11. The first kappa shape index (κ1) is 20.3. The normalized spacial score (nSPS) is 11.8. The molecule has 156 valence electrons. The summed E-state index contributed by atoms with van der Waals surface area (Å²) in [6.07, 6.45) is 0.511. The van der Waals surface area contributed by atoms with E-state index in [1.807, 2.05) is 67.6 Å². The van der Waals surface area contributed by atoms with E-state index in [-0.39, 0.29) is 5.69 Å². The lowest BCUT2D eigenvalue weighted by Crippen LogP contribution is -2.26. The molecule has 1 unspecified atom stereocenters. The number of nitrogens with one attached hydrogen (secondary N) is 1. The zero-order chi connectivity index (χ0) is 22.0. The second-order valence-electron chi connectivity index (χ2n) is 7.53. The van der Waals surface area contributed by atoms with E-state index in [1.165, 1.54) is 0 Å². The Kier molecular flexibility index (Phi) is 5.54. The molecule has 0 aliphatic rings. The van der Waals surface area contributed by atoms with Crippen molar-refractivity contribution in [1.82, 2.24) is 9.38 Å². The van der Waals surface area contributed by atoms with Crippen LogP contribution in [0.5, 0.6) is 0 Å². The third-order valence-electron chi connectivity index (χ3n) is 5.12. The molecule has 2 aromatic heterocycles. The summed E-state index contributed by atoms with van der Waals surface area (Å²) >= 11 is 0. The average molecular weight is 413 g/mol. The summed E-state index contributed by atoms with van der Waals surface area (Å²) in [5.74, 6) is -1.08. The Bertz CT molecular complexity index is 1260. The number of carbonyl (C=O) groups is 2. The van der Waals surface area contributed by atoms with Gasteiger partial charge < -0.3 is 14.5 Å². The van der Waals surface area contributed by atoms with Crippen LogP contribution in [0.2, 0.25) is 0 Å². The largest absolute Gasteiger partial charge is 0.443 e. The molecule has 4 aromatic rings. The summed E-state index contributed by atoms with van der Waals surface area (Å²) in [6, 6.07) is 20.4. The summed E-state index contributed by atoms with van der Waals surface area (Å²) in [7, 11) is 0. The number of nitrogens with zero attached hydrogens (tertiary/aromatic N) is 2.